The van der Waals surface area contributed by atoms with Crippen molar-refractivity contribution in [2.24, 2.45) is 17.3 Å². The van der Waals surface area contributed by atoms with Gasteiger partial charge in [0.05, 0.1) is 12.0 Å². The molecule has 0 aromatic heterocycles. The van der Waals surface area contributed by atoms with Crippen molar-refractivity contribution in [2.45, 2.75) is 66.7 Å². The molecule has 0 aliphatic rings. The predicted octanol–water partition coefficient (Wildman–Crippen LogP) is 3.88. The summed E-state index contributed by atoms with van der Waals surface area (Å²) in [6.45, 7) is 10.6. The van der Waals surface area contributed by atoms with Gasteiger partial charge >= 0.3 is 11.9 Å². The molecule has 0 unspecified atom stereocenters. The minimum Gasteiger partial charge on any atom is -0.481 e. The van der Waals surface area contributed by atoms with Crippen molar-refractivity contribution >= 4 is 11.9 Å². The molecule has 1 N–H and O–H groups in total. The number of carboxylic acids is 1. The quantitative estimate of drug-likeness (QED) is 0.489. The normalized spacial score (nSPS) is 11.9. The van der Waals surface area contributed by atoms with Gasteiger partial charge in [0, 0.05) is 6.42 Å². The maximum atomic E-state index is 12.5. The van der Waals surface area contributed by atoms with Crippen LogP contribution in [0.15, 0.2) is 0 Å². The molecular weight excluding hydrogens is 256 g/mol. The van der Waals surface area contributed by atoms with Crippen LogP contribution < -0.4 is 0 Å². The van der Waals surface area contributed by atoms with Crippen molar-refractivity contribution < 1.29 is 19.4 Å². The fourth-order valence-electron chi connectivity index (χ4n) is 2.79. The number of unbranched alkanes of at least 4 members (excludes halogenated alkanes) is 1. The topological polar surface area (TPSA) is 63.6 Å². The highest BCUT2D eigenvalue weighted by Gasteiger charge is 2.45. The van der Waals surface area contributed by atoms with E-state index in [-0.39, 0.29) is 24.2 Å². The van der Waals surface area contributed by atoms with Gasteiger partial charge < -0.3 is 9.84 Å². The first-order chi connectivity index (χ1) is 9.28. The van der Waals surface area contributed by atoms with Gasteiger partial charge in [0.1, 0.15) is 0 Å². The van der Waals surface area contributed by atoms with Crippen LogP contribution in [-0.4, -0.2) is 23.7 Å². The Morgan fingerprint density at radius 1 is 1.10 bits per heavy atom. The van der Waals surface area contributed by atoms with Crippen LogP contribution in [0.3, 0.4) is 0 Å². The van der Waals surface area contributed by atoms with Crippen molar-refractivity contribution in [3.05, 3.63) is 0 Å². The second-order valence-corrected chi connectivity index (χ2v) is 6.09. The summed E-state index contributed by atoms with van der Waals surface area (Å²) in [6.07, 6.45) is 3.04. The first-order valence-electron chi connectivity index (χ1n) is 7.68. The molecular formula is C16H30O4. The Kier molecular flexibility index (Phi) is 8.51. The minimum absolute atomic E-state index is 0.101. The molecule has 0 bridgehead atoms. The average molecular weight is 286 g/mol. The Morgan fingerprint density at radius 3 is 2.05 bits per heavy atom. The summed E-state index contributed by atoms with van der Waals surface area (Å²) >= 11 is 0. The number of aliphatic carboxylic acids is 1. The van der Waals surface area contributed by atoms with E-state index in [1.165, 1.54) is 0 Å². The van der Waals surface area contributed by atoms with E-state index >= 15 is 0 Å². The lowest BCUT2D eigenvalue weighted by atomic mass is 9.66. The second kappa shape index (κ2) is 8.98. The first-order valence-corrected chi connectivity index (χ1v) is 7.68. The van der Waals surface area contributed by atoms with E-state index in [0.29, 0.717) is 19.4 Å². The van der Waals surface area contributed by atoms with Gasteiger partial charge in [-0.15, -0.1) is 0 Å². The standard InChI is InChI=1S/C16H30O4/c1-6-7-11-20-15(19)16(12(2)3,13(4)5)10-8-9-14(17)18/h12-13H,6-11H2,1-5H3,(H,17,18). The summed E-state index contributed by atoms with van der Waals surface area (Å²) in [7, 11) is 0. The molecule has 0 saturated carbocycles. The van der Waals surface area contributed by atoms with Gasteiger partial charge in [-0.1, -0.05) is 41.0 Å². The van der Waals surface area contributed by atoms with E-state index in [1.54, 1.807) is 0 Å². The number of esters is 1. The summed E-state index contributed by atoms with van der Waals surface area (Å²) in [5, 5.41) is 8.78. The number of hydrogen-bond acceptors (Lipinski definition) is 3. The number of hydrogen-bond donors (Lipinski definition) is 1. The molecule has 4 heteroatoms. The molecule has 0 spiro atoms. The Labute approximate surface area is 122 Å². The van der Waals surface area contributed by atoms with Gasteiger partial charge in [0.15, 0.2) is 0 Å². The number of ether oxygens (including phenoxy) is 1. The fraction of sp³-hybridized carbons (Fsp3) is 0.875. The molecule has 0 aliphatic carbocycles. The zero-order valence-electron chi connectivity index (χ0n) is 13.6. The third-order valence-electron chi connectivity index (χ3n) is 4.15. The molecule has 0 saturated heterocycles. The molecule has 0 fully saturated rings. The number of rotatable bonds is 10. The van der Waals surface area contributed by atoms with Crippen molar-refractivity contribution in [2.75, 3.05) is 6.61 Å². The van der Waals surface area contributed by atoms with Crippen LogP contribution in [0, 0.1) is 17.3 Å². The van der Waals surface area contributed by atoms with Crippen molar-refractivity contribution in [1.82, 2.24) is 0 Å². The predicted molar refractivity (Wildman–Crippen MR) is 79.5 cm³/mol. The van der Waals surface area contributed by atoms with Crippen LogP contribution in [0.5, 0.6) is 0 Å². The lowest BCUT2D eigenvalue weighted by Crippen LogP contribution is -2.42. The van der Waals surface area contributed by atoms with E-state index in [0.717, 1.165) is 12.8 Å². The molecule has 118 valence electrons. The van der Waals surface area contributed by atoms with E-state index in [4.69, 9.17) is 9.84 Å². The highest BCUT2D eigenvalue weighted by molar-refractivity contribution is 5.77. The fourth-order valence-corrected chi connectivity index (χ4v) is 2.79. The lowest BCUT2D eigenvalue weighted by Gasteiger charge is -2.39. The zero-order valence-corrected chi connectivity index (χ0v) is 13.6. The number of carbonyl (C=O) groups excluding carboxylic acids is 1. The second-order valence-electron chi connectivity index (χ2n) is 6.09. The maximum Gasteiger partial charge on any atom is 0.312 e. The summed E-state index contributed by atoms with van der Waals surface area (Å²) in [5.74, 6) is -0.719. The van der Waals surface area contributed by atoms with Crippen molar-refractivity contribution in [3.63, 3.8) is 0 Å². The highest BCUT2D eigenvalue weighted by atomic mass is 16.5. The van der Waals surface area contributed by atoms with Crippen molar-refractivity contribution in [3.8, 4) is 0 Å². The Morgan fingerprint density at radius 2 is 1.65 bits per heavy atom. The number of carbonyl (C=O) groups is 2. The molecule has 0 aromatic carbocycles. The lowest BCUT2D eigenvalue weighted by molar-refractivity contribution is -0.164. The van der Waals surface area contributed by atoms with Gasteiger partial charge in [-0.25, -0.2) is 0 Å². The zero-order chi connectivity index (χ0) is 15.8. The van der Waals surface area contributed by atoms with Crippen LogP contribution >= 0.6 is 0 Å². The molecule has 0 amide bonds. The first kappa shape index (κ1) is 18.9. The van der Waals surface area contributed by atoms with Crippen LogP contribution in [0.4, 0.5) is 0 Å². The maximum absolute atomic E-state index is 12.5. The van der Waals surface area contributed by atoms with E-state index in [2.05, 4.69) is 6.92 Å². The highest BCUT2D eigenvalue weighted by Crippen LogP contribution is 2.42. The van der Waals surface area contributed by atoms with E-state index in [1.807, 2.05) is 27.7 Å². The van der Waals surface area contributed by atoms with Crippen LogP contribution in [0.25, 0.3) is 0 Å². The van der Waals surface area contributed by atoms with Gasteiger partial charge in [-0.05, 0) is 31.1 Å². The molecule has 0 aliphatic heterocycles. The minimum atomic E-state index is -0.814. The van der Waals surface area contributed by atoms with E-state index < -0.39 is 11.4 Å². The Balaban J connectivity index is 4.92. The van der Waals surface area contributed by atoms with Crippen LogP contribution in [0.1, 0.15) is 66.7 Å². The largest absolute Gasteiger partial charge is 0.481 e. The summed E-state index contributed by atoms with van der Waals surface area (Å²) in [5.41, 5.74) is -0.580. The smallest absolute Gasteiger partial charge is 0.312 e. The summed E-state index contributed by atoms with van der Waals surface area (Å²) < 4.78 is 5.44. The molecule has 4 nitrogen and oxygen atoms in total. The van der Waals surface area contributed by atoms with Gasteiger partial charge in [-0.3, -0.25) is 9.59 Å². The molecule has 0 aromatic rings. The molecule has 0 atom stereocenters. The molecule has 0 rings (SSSR count). The molecule has 0 radical (unpaired) electrons. The van der Waals surface area contributed by atoms with Gasteiger partial charge in [-0.2, -0.15) is 0 Å². The monoisotopic (exact) mass is 286 g/mol. The summed E-state index contributed by atoms with van der Waals surface area (Å²) in [4.78, 5) is 23.2. The summed E-state index contributed by atoms with van der Waals surface area (Å²) in [6, 6.07) is 0. The molecule has 20 heavy (non-hydrogen) atoms. The third-order valence-corrected chi connectivity index (χ3v) is 4.15. The van der Waals surface area contributed by atoms with E-state index in [9.17, 15) is 9.59 Å². The third kappa shape index (κ3) is 5.14. The average Bonchev–Trinajstić information content (AvgIpc) is 2.33. The van der Waals surface area contributed by atoms with Gasteiger partial charge in [0.25, 0.3) is 0 Å². The molecule has 0 heterocycles. The Hall–Kier alpha value is -1.06. The Bertz CT molecular complexity index is 300. The van der Waals surface area contributed by atoms with Crippen LogP contribution in [-0.2, 0) is 14.3 Å². The van der Waals surface area contributed by atoms with Gasteiger partial charge in [0.2, 0.25) is 0 Å². The SMILES string of the molecule is CCCCOC(=O)C(CCCC(=O)O)(C(C)C)C(C)C. The van der Waals surface area contributed by atoms with Crippen LogP contribution in [0.2, 0.25) is 0 Å². The number of carboxylic acid groups (broad SMARTS) is 1. The van der Waals surface area contributed by atoms with Crippen molar-refractivity contribution in [1.29, 1.82) is 0 Å².